The molecule has 1 N–H and O–H groups in total. The van der Waals surface area contributed by atoms with E-state index in [2.05, 4.69) is 31.4 Å². The first kappa shape index (κ1) is 21.0. The summed E-state index contributed by atoms with van der Waals surface area (Å²) < 4.78 is 2.56. The fraction of sp³-hybridized carbons (Fsp3) is 0.211. The minimum absolute atomic E-state index is 0.0642. The molecule has 0 spiro atoms. The van der Waals surface area contributed by atoms with E-state index in [4.69, 9.17) is 0 Å². The van der Waals surface area contributed by atoms with Crippen LogP contribution in [0.1, 0.15) is 34.7 Å². The van der Waals surface area contributed by atoms with Gasteiger partial charge in [0.25, 0.3) is 11.6 Å². The lowest BCUT2D eigenvalue weighted by atomic mass is 10.2. The molecule has 0 aliphatic heterocycles. The van der Waals surface area contributed by atoms with Crippen LogP contribution in [0.15, 0.2) is 58.2 Å². The van der Waals surface area contributed by atoms with Crippen LogP contribution < -0.4 is 5.32 Å². The third-order valence-electron chi connectivity index (χ3n) is 4.24. The molecule has 1 amide bonds. The Morgan fingerprint density at radius 3 is 2.59 bits per heavy atom. The number of nitrogens with zero attached hydrogens (tertiary/aromatic N) is 4. The summed E-state index contributed by atoms with van der Waals surface area (Å²) in [6, 6.07) is 13.3. The van der Waals surface area contributed by atoms with Crippen LogP contribution in [0.3, 0.4) is 0 Å². The fourth-order valence-electron chi connectivity index (χ4n) is 2.67. The average Bonchev–Trinajstić information content (AvgIpc) is 3.07. The molecule has 0 fully saturated rings. The molecule has 0 saturated heterocycles. The highest BCUT2D eigenvalue weighted by atomic mass is 79.9. The van der Waals surface area contributed by atoms with Crippen molar-refractivity contribution >= 4 is 39.3 Å². The van der Waals surface area contributed by atoms with Gasteiger partial charge >= 0.3 is 0 Å². The number of carbonyl (C=O) groups excluding carboxylic acids is 1. The second-order valence-electron chi connectivity index (χ2n) is 6.29. The molecule has 10 heteroatoms. The number of nitrogens with one attached hydrogen (secondary N) is 1. The van der Waals surface area contributed by atoms with Gasteiger partial charge in [-0.05, 0) is 40.5 Å². The van der Waals surface area contributed by atoms with Gasteiger partial charge in [0.05, 0.1) is 16.5 Å². The maximum atomic E-state index is 12.5. The molecule has 150 valence electrons. The topological polar surface area (TPSA) is 103 Å². The van der Waals surface area contributed by atoms with E-state index in [0.29, 0.717) is 22.3 Å². The maximum absolute atomic E-state index is 12.5. The van der Waals surface area contributed by atoms with Crippen LogP contribution in [0.4, 0.5) is 5.69 Å². The SMILES string of the molecule is C[C@@H](NC(=O)c1ccccc1Br)c1nnc(SCc2ccc([N+](=O)[O-])cc2)n1C. The molecule has 3 rings (SSSR count). The first-order chi connectivity index (χ1) is 13.9. The average molecular weight is 476 g/mol. The summed E-state index contributed by atoms with van der Waals surface area (Å²) in [4.78, 5) is 22.8. The van der Waals surface area contributed by atoms with E-state index in [0.717, 1.165) is 10.0 Å². The maximum Gasteiger partial charge on any atom is 0.269 e. The number of rotatable bonds is 7. The van der Waals surface area contributed by atoms with Crippen LogP contribution in [0.5, 0.6) is 0 Å². The molecule has 2 aromatic carbocycles. The molecule has 0 unspecified atom stereocenters. The molecule has 0 saturated carbocycles. The number of aromatic nitrogens is 3. The minimum atomic E-state index is -0.421. The van der Waals surface area contributed by atoms with Gasteiger partial charge in [-0.15, -0.1) is 10.2 Å². The zero-order valence-electron chi connectivity index (χ0n) is 15.7. The van der Waals surface area contributed by atoms with Crippen molar-refractivity contribution in [3.05, 3.63) is 80.1 Å². The van der Waals surface area contributed by atoms with Gasteiger partial charge in [0.1, 0.15) is 0 Å². The van der Waals surface area contributed by atoms with Gasteiger partial charge in [-0.25, -0.2) is 0 Å². The lowest BCUT2D eigenvalue weighted by molar-refractivity contribution is -0.384. The third-order valence-corrected chi connectivity index (χ3v) is 6.02. The first-order valence-electron chi connectivity index (χ1n) is 8.67. The quantitative estimate of drug-likeness (QED) is 0.310. The van der Waals surface area contributed by atoms with Crippen molar-refractivity contribution in [1.82, 2.24) is 20.1 Å². The van der Waals surface area contributed by atoms with E-state index in [9.17, 15) is 14.9 Å². The second kappa shape index (κ2) is 9.19. The van der Waals surface area contributed by atoms with E-state index in [1.807, 2.05) is 30.7 Å². The lowest BCUT2D eigenvalue weighted by Crippen LogP contribution is -2.28. The van der Waals surface area contributed by atoms with Crippen molar-refractivity contribution in [2.45, 2.75) is 23.9 Å². The van der Waals surface area contributed by atoms with Gasteiger partial charge in [-0.3, -0.25) is 14.9 Å². The van der Waals surface area contributed by atoms with Crippen molar-refractivity contribution in [2.24, 2.45) is 7.05 Å². The molecule has 3 aromatic rings. The Balaban J connectivity index is 1.64. The van der Waals surface area contributed by atoms with Crippen LogP contribution in [-0.2, 0) is 12.8 Å². The molecule has 8 nitrogen and oxygen atoms in total. The molecule has 0 aliphatic rings. The molecule has 29 heavy (non-hydrogen) atoms. The Morgan fingerprint density at radius 2 is 1.93 bits per heavy atom. The fourth-order valence-corrected chi connectivity index (χ4v) is 4.01. The van der Waals surface area contributed by atoms with Crippen LogP contribution in [0, 0.1) is 10.1 Å². The van der Waals surface area contributed by atoms with Crippen LogP contribution >= 0.6 is 27.7 Å². The number of nitro groups is 1. The van der Waals surface area contributed by atoms with Crippen LogP contribution in [0.2, 0.25) is 0 Å². The van der Waals surface area contributed by atoms with Crippen molar-refractivity contribution in [2.75, 3.05) is 0 Å². The summed E-state index contributed by atoms with van der Waals surface area (Å²) in [6.07, 6.45) is 0. The Bertz CT molecular complexity index is 1040. The monoisotopic (exact) mass is 475 g/mol. The van der Waals surface area contributed by atoms with E-state index >= 15 is 0 Å². The Morgan fingerprint density at radius 1 is 1.24 bits per heavy atom. The summed E-state index contributed by atoms with van der Waals surface area (Å²) in [5.74, 6) is 1.03. The number of hydrogen-bond acceptors (Lipinski definition) is 6. The largest absolute Gasteiger partial charge is 0.342 e. The number of nitro benzene ring substituents is 1. The van der Waals surface area contributed by atoms with Gasteiger partial charge in [0.2, 0.25) is 0 Å². The van der Waals surface area contributed by atoms with Gasteiger partial charge in [-0.2, -0.15) is 0 Å². The summed E-state index contributed by atoms with van der Waals surface area (Å²) in [7, 11) is 1.84. The number of carbonyl (C=O) groups is 1. The second-order valence-corrected chi connectivity index (χ2v) is 8.08. The molecule has 0 aliphatic carbocycles. The summed E-state index contributed by atoms with van der Waals surface area (Å²) in [5.41, 5.74) is 1.56. The van der Waals surface area contributed by atoms with Crippen LogP contribution in [-0.4, -0.2) is 25.6 Å². The van der Waals surface area contributed by atoms with Gasteiger partial charge < -0.3 is 9.88 Å². The molecule has 1 atom stereocenters. The first-order valence-corrected chi connectivity index (χ1v) is 10.5. The van der Waals surface area contributed by atoms with Crippen molar-refractivity contribution in [3.8, 4) is 0 Å². The number of thioether (sulfide) groups is 1. The van der Waals surface area contributed by atoms with E-state index in [-0.39, 0.29) is 17.6 Å². The van der Waals surface area contributed by atoms with Crippen molar-refractivity contribution in [1.29, 1.82) is 0 Å². The predicted octanol–water partition coefficient (Wildman–Crippen LogP) is 4.27. The van der Waals surface area contributed by atoms with Gasteiger partial charge in [0, 0.05) is 29.4 Å². The molecule has 1 heterocycles. The summed E-state index contributed by atoms with van der Waals surface area (Å²) in [5, 5.41) is 22.8. The smallest absolute Gasteiger partial charge is 0.269 e. The Hall–Kier alpha value is -2.72. The Kier molecular flexibility index (Phi) is 6.65. The number of halogens is 1. The highest BCUT2D eigenvalue weighted by Gasteiger charge is 2.19. The lowest BCUT2D eigenvalue weighted by Gasteiger charge is -2.14. The van der Waals surface area contributed by atoms with Gasteiger partial charge in [-0.1, -0.05) is 36.0 Å². The number of benzene rings is 2. The number of amides is 1. The summed E-state index contributed by atoms with van der Waals surface area (Å²) >= 11 is 4.85. The van der Waals surface area contributed by atoms with Crippen molar-refractivity contribution < 1.29 is 9.72 Å². The molecule has 0 radical (unpaired) electrons. The normalized spacial score (nSPS) is 11.8. The molecule has 1 aromatic heterocycles. The van der Waals surface area contributed by atoms with E-state index in [1.165, 1.54) is 23.9 Å². The predicted molar refractivity (Wildman–Crippen MR) is 114 cm³/mol. The van der Waals surface area contributed by atoms with E-state index < -0.39 is 4.92 Å². The van der Waals surface area contributed by atoms with Crippen molar-refractivity contribution in [3.63, 3.8) is 0 Å². The Labute approximate surface area is 180 Å². The standard InChI is InChI=1S/C19H18BrN5O3S/c1-12(21-18(26)15-5-3-4-6-16(15)20)17-22-23-19(24(17)2)29-11-13-7-9-14(10-8-13)25(27)28/h3-10,12H,11H2,1-2H3,(H,21,26)/t12-/m1/s1. The number of hydrogen-bond donors (Lipinski definition) is 1. The van der Waals surface area contributed by atoms with Gasteiger partial charge in [0.15, 0.2) is 11.0 Å². The highest BCUT2D eigenvalue weighted by Crippen LogP contribution is 2.24. The number of non-ortho nitro benzene ring substituents is 1. The molecule has 0 bridgehead atoms. The van der Waals surface area contributed by atoms with E-state index in [1.54, 1.807) is 24.3 Å². The highest BCUT2D eigenvalue weighted by molar-refractivity contribution is 9.10. The zero-order valence-corrected chi connectivity index (χ0v) is 18.1. The molecular formula is C19H18BrN5O3S. The third kappa shape index (κ3) is 5.01. The summed E-state index contributed by atoms with van der Waals surface area (Å²) in [6.45, 7) is 1.85. The molecular weight excluding hydrogens is 458 g/mol. The van der Waals surface area contributed by atoms with Crippen LogP contribution in [0.25, 0.3) is 0 Å². The minimum Gasteiger partial charge on any atom is -0.342 e. The zero-order chi connectivity index (χ0) is 21.0.